The Kier molecular flexibility index (Phi) is 6.61. The first kappa shape index (κ1) is 17.4. The average Bonchev–Trinajstić information content (AvgIpc) is 2.38. The molecule has 0 saturated heterocycles. The van der Waals surface area contributed by atoms with Crippen molar-refractivity contribution in [2.24, 2.45) is 5.92 Å². The lowest BCUT2D eigenvalue weighted by Crippen LogP contribution is -2.42. The minimum Gasteiger partial charge on any atom is -0.480 e. The summed E-state index contributed by atoms with van der Waals surface area (Å²) in [4.78, 5) is 23.1. The van der Waals surface area contributed by atoms with Gasteiger partial charge in [0, 0.05) is 4.90 Å². The van der Waals surface area contributed by atoms with E-state index in [0.717, 1.165) is 23.9 Å². The Morgan fingerprint density at radius 1 is 1.29 bits per heavy atom. The molecule has 0 radical (unpaired) electrons. The number of carboxylic acid groups (broad SMARTS) is 1. The topological polar surface area (TPSA) is 66.4 Å². The van der Waals surface area contributed by atoms with E-state index in [-0.39, 0.29) is 11.7 Å². The number of halogens is 2. The summed E-state index contributed by atoms with van der Waals surface area (Å²) in [6, 6.07) is 2.40. The van der Waals surface area contributed by atoms with E-state index in [0.29, 0.717) is 11.3 Å². The fourth-order valence-electron chi connectivity index (χ4n) is 1.64. The molecule has 1 amide bonds. The number of nitrogens with one attached hydrogen (secondary N) is 1. The molecule has 0 heterocycles. The smallest absolute Gasteiger partial charge is 0.326 e. The lowest BCUT2D eigenvalue weighted by molar-refractivity contribution is -0.141. The first-order chi connectivity index (χ1) is 9.79. The minimum absolute atomic E-state index is 0.0626. The quantitative estimate of drug-likeness (QED) is 0.759. The van der Waals surface area contributed by atoms with Crippen LogP contribution in [0.2, 0.25) is 0 Å². The Bertz CT molecular complexity index is 523. The normalized spacial score (nSPS) is 12.2. The Balaban J connectivity index is 2.52. The monoisotopic (exact) mass is 317 g/mol. The number of carbonyl (C=O) groups is 2. The van der Waals surface area contributed by atoms with Crippen molar-refractivity contribution in [2.75, 3.05) is 5.75 Å². The van der Waals surface area contributed by atoms with E-state index in [1.807, 2.05) is 13.8 Å². The Labute approximate surface area is 125 Å². The van der Waals surface area contributed by atoms with Gasteiger partial charge in [-0.05, 0) is 30.5 Å². The van der Waals surface area contributed by atoms with Crippen molar-refractivity contribution in [1.29, 1.82) is 0 Å². The fourth-order valence-corrected chi connectivity index (χ4v) is 2.38. The molecule has 0 spiro atoms. The molecule has 0 aromatic heterocycles. The van der Waals surface area contributed by atoms with Crippen LogP contribution < -0.4 is 5.32 Å². The van der Waals surface area contributed by atoms with Gasteiger partial charge in [0.1, 0.15) is 6.04 Å². The first-order valence-corrected chi connectivity index (χ1v) is 7.38. The summed E-state index contributed by atoms with van der Waals surface area (Å²) in [6.07, 6.45) is 0.330. The highest BCUT2D eigenvalue weighted by molar-refractivity contribution is 8.00. The van der Waals surface area contributed by atoms with E-state index in [2.05, 4.69) is 5.32 Å². The van der Waals surface area contributed by atoms with Crippen LogP contribution in [0, 0.1) is 17.6 Å². The molecule has 1 rings (SSSR count). The molecule has 1 unspecified atom stereocenters. The summed E-state index contributed by atoms with van der Waals surface area (Å²) in [6.45, 7) is 3.72. The zero-order valence-electron chi connectivity index (χ0n) is 11.7. The van der Waals surface area contributed by atoms with Gasteiger partial charge in [-0.3, -0.25) is 4.79 Å². The molecule has 1 aromatic rings. The predicted molar refractivity (Wildman–Crippen MR) is 76.1 cm³/mol. The third-order valence-electron chi connectivity index (χ3n) is 2.60. The van der Waals surface area contributed by atoms with Crippen molar-refractivity contribution in [3.05, 3.63) is 29.8 Å². The second kappa shape index (κ2) is 7.97. The maximum atomic E-state index is 13.0. The second-order valence-corrected chi connectivity index (χ2v) is 6.00. The summed E-state index contributed by atoms with van der Waals surface area (Å²) in [5.74, 6) is -3.42. The molecule has 1 atom stereocenters. The summed E-state index contributed by atoms with van der Waals surface area (Å²) >= 11 is 1.01. The molecule has 7 heteroatoms. The summed E-state index contributed by atoms with van der Waals surface area (Å²) in [5.41, 5.74) is 0. The van der Waals surface area contributed by atoms with Crippen LogP contribution in [0.4, 0.5) is 8.78 Å². The minimum atomic E-state index is -1.09. The highest BCUT2D eigenvalue weighted by atomic mass is 32.2. The lowest BCUT2D eigenvalue weighted by atomic mass is 10.0. The first-order valence-electron chi connectivity index (χ1n) is 6.39. The average molecular weight is 317 g/mol. The van der Waals surface area contributed by atoms with E-state index in [1.54, 1.807) is 0 Å². The van der Waals surface area contributed by atoms with Gasteiger partial charge in [-0.15, -0.1) is 11.8 Å². The van der Waals surface area contributed by atoms with Gasteiger partial charge < -0.3 is 10.4 Å². The predicted octanol–water partition coefficient (Wildman–Crippen LogP) is 2.67. The van der Waals surface area contributed by atoms with Crippen LogP contribution >= 0.6 is 11.8 Å². The number of carboxylic acids is 1. The number of amides is 1. The summed E-state index contributed by atoms with van der Waals surface area (Å²) < 4.78 is 25.7. The van der Waals surface area contributed by atoms with E-state index in [9.17, 15) is 18.4 Å². The second-order valence-electron chi connectivity index (χ2n) is 4.95. The molecule has 21 heavy (non-hydrogen) atoms. The summed E-state index contributed by atoms with van der Waals surface area (Å²) in [5, 5.41) is 11.4. The number of benzene rings is 1. The molecular formula is C14H17F2NO3S. The number of thioether (sulfide) groups is 1. The van der Waals surface area contributed by atoms with Crippen LogP contribution in [-0.4, -0.2) is 28.8 Å². The molecule has 2 N–H and O–H groups in total. The molecule has 0 aliphatic rings. The Morgan fingerprint density at radius 2 is 1.95 bits per heavy atom. The molecule has 1 aromatic carbocycles. The van der Waals surface area contributed by atoms with E-state index in [4.69, 9.17) is 5.11 Å². The maximum absolute atomic E-state index is 13.0. The lowest BCUT2D eigenvalue weighted by Gasteiger charge is -2.16. The van der Waals surface area contributed by atoms with Crippen LogP contribution in [0.15, 0.2) is 23.1 Å². The molecule has 0 aliphatic carbocycles. The Hall–Kier alpha value is -1.63. The molecule has 0 saturated carbocycles. The highest BCUT2D eigenvalue weighted by Gasteiger charge is 2.21. The van der Waals surface area contributed by atoms with Crippen LogP contribution in [-0.2, 0) is 9.59 Å². The zero-order chi connectivity index (χ0) is 16.0. The van der Waals surface area contributed by atoms with Crippen molar-refractivity contribution in [2.45, 2.75) is 31.2 Å². The van der Waals surface area contributed by atoms with Crippen molar-refractivity contribution < 1.29 is 23.5 Å². The number of carbonyl (C=O) groups excluding carboxylic acids is 1. The zero-order valence-corrected chi connectivity index (χ0v) is 12.5. The van der Waals surface area contributed by atoms with Gasteiger partial charge in [0.2, 0.25) is 5.91 Å². The molecule has 4 nitrogen and oxygen atoms in total. The van der Waals surface area contributed by atoms with E-state index < -0.39 is 29.6 Å². The van der Waals surface area contributed by atoms with Gasteiger partial charge in [0.25, 0.3) is 0 Å². The van der Waals surface area contributed by atoms with Crippen LogP contribution in [0.3, 0.4) is 0 Å². The number of aliphatic carboxylic acids is 1. The van der Waals surface area contributed by atoms with Gasteiger partial charge in [0.05, 0.1) is 5.75 Å². The standard InChI is InChI=1S/C14H17F2NO3S/c1-8(2)5-12(14(19)20)17-13(18)7-21-9-3-4-10(15)11(16)6-9/h3-4,6,8,12H,5,7H2,1-2H3,(H,17,18)(H,19,20). The molecule has 0 fully saturated rings. The van der Waals surface area contributed by atoms with Gasteiger partial charge in [-0.25, -0.2) is 13.6 Å². The Morgan fingerprint density at radius 3 is 2.48 bits per heavy atom. The van der Waals surface area contributed by atoms with Crippen molar-refractivity contribution in [3.8, 4) is 0 Å². The summed E-state index contributed by atoms with van der Waals surface area (Å²) in [7, 11) is 0. The third-order valence-corrected chi connectivity index (χ3v) is 3.60. The van der Waals surface area contributed by atoms with Crippen LogP contribution in [0.1, 0.15) is 20.3 Å². The molecule has 0 bridgehead atoms. The van der Waals surface area contributed by atoms with E-state index in [1.165, 1.54) is 6.07 Å². The molecular weight excluding hydrogens is 300 g/mol. The van der Waals surface area contributed by atoms with E-state index >= 15 is 0 Å². The number of rotatable bonds is 7. The number of hydrogen-bond acceptors (Lipinski definition) is 3. The van der Waals surface area contributed by atoms with Crippen LogP contribution in [0.5, 0.6) is 0 Å². The van der Waals surface area contributed by atoms with Gasteiger partial charge in [0.15, 0.2) is 11.6 Å². The molecule has 116 valence electrons. The van der Waals surface area contributed by atoms with Crippen molar-refractivity contribution in [1.82, 2.24) is 5.32 Å². The number of hydrogen-bond donors (Lipinski definition) is 2. The highest BCUT2D eigenvalue weighted by Crippen LogP contribution is 2.20. The van der Waals surface area contributed by atoms with Gasteiger partial charge >= 0.3 is 5.97 Å². The SMILES string of the molecule is CC(C)CC(NC(=O)CSc1ccc(F)c(F)c1)C(=O)O. The molecule has 0 aliphatic heterocycles. The van der Waals surface area contributed by atoms with Crippen LogP contribution in [0.25, 0.3) is 0 Å². The largest absolute Gasteiger partial charge is 0.480 e. The fraction of sp³-hybridized carbons (Fsp3) is 0.429. The van der Waals surface area contributed by atoms with Crippen molar-refractivity contribution in [3.63, 3.8) is 0 Å². The maximum Gasteiger partial charge on any atom is 0.326 e. The van der Waals surface area contributed by atoms with Crippen molar-refractivity contribution >= 4 is 23.6 Å². The third kappa shape index (κ3) is 6.12. The van der Waals surface area contributed by atoms with Gasteiger partial charge in [-0.1, -0.05) is 13.8 Å². The van der Waals surface area contributed by atoms with Gasteiger partial charge in [-0.2, -0.15) is 0 Å².